The largest absolute Gasteiger partial charge is 0.364 e. The Morgan fingerprint density at radius 2 is 2.14 bits per heavy atom. The Balaban J connectivity index is 1.80. The summed E-state index contributed by atoms with van der Waals surface area (Å²) in [4.78, 5) is 0. The second-order valence-electron chi connectivity index (χ2n) is 5.38. The van der Waals surface area contributed by atoms with Crippen molar-refractivity contribution in [2.45, 2.75) is 36.7 Å². The van der Waals surface area contributed by atoms with Crippen molar-refractivity contribution in [1.29, 1.82) is 0 Å². The van der Waals surface area contributed by atoms with E-state index < -0.39 is 27.7 Å². The van der Waals surface area contributed by atoms with Crippen molar-refractivity contribution in [3.63, 3.8) is 0 Å². The summed E-state index contributed by atoms with van der Waals surface area (Å²) in [6.45, 7) is 0. The van der Waals surface area contributed by atoms with Gasteiger partial charge in [0, 0.05) is 18.5 Å². The summed E-state index contributed by atoms with van der Waals surface area (Å²) in [6, 6.07) is 0. The summed E-state index contributed by atoms with van der Waals surface area (Å²) in [6.07, 6.45) is 0.386. The zero-order valence-electron chi connectivity index (χ0n) is 11.7. The first-order valence-electron chi connectivity index (χ1n) is 6.67. The first-order chi connectivity index (χ1) is 10.4. The molecular formula is C12H14F2N4O3S. The first kappa shape index (κ1) is 15.1. The molecule has 0 amide bonds. The Hall–Kier alpha value is -1.84. The second kappa shape index (κ2) is 5.41. The summed E-state index contributed by atoms with van der Waals surface area (Å²) in [5.41, 5.74) is 0.444. The molecule has 2 heterocycles. The lowest BCUT2D eigenvalue weighted by molar-refractivity contribution is 0.140. The van der Waals surface area contributed by atoms with Crippen molar-refractivity contribution in [1.82, 2.24) is 20.2 Å². The summed E-state index contributed by atoms with van der Waals surface area (Å²) < 4.78 is 56.1. The van der Waals surface area contributed by atoms with Gasteiger partial charge in [-0.1, -0.05) is 10.4 Å². The lowest BCUT2D eigenvalue weighted by Gasteiger charge is -2.05. The van der Waals surface area contributed by atoms with Gasteiger partial charge in [-0.25, -0.2) is 21.9 Å². The van der Waals surface area contributed by atoms with Crippen LogP contribution in [0.1, 0.15) is 47.8 Å². The van der Waals surface area contributed by atoms with Gasteiger partial charge in [-0.3, -0.25) is 0 Å². The monoisotopic (exact) mass is 332 g/mol. The number of sulfone groups is 1. The van der Waals surface area contributed by atoms with E-state index in [0.29, 0.717) is 11.3 Å². The van der Waals surface area contributed by atoms with Crippen LogP contribution < -0.4 is 0 Å². The van der Waals surface area contributed by atoms with Crippen LogP contribution in [0, 0.1) is 0 Å². The predicted octanol–water partition coefficient (Wildman–Crippen LogP) is 1.73. The molecule has 0 saturated heterocycles. The summed E-state index contributed by atoms with van der Waals surface area (Å²) in [7, 11) is -2.38. The van der Waals surface area contributed by atoms with Gasteiger partial charge in [-0.05, 0) is 12.8 Å². The third kappa shape index (κ3) is 3.01. The molecule has 0 aliphatic heterocycles. The van der Waals surface area contributed by atoms with Crippen molar-refractivity contribution < 1.29 is 21.7 Å². The van der Waals surface area contributed by atoms with Crippen molar-refractivity contribution in [3.05, 3.63) is 28.9 Å². The minimum atomic E-state index is -3.68. The molecule has 2 aromatic rings. The van der Waals surface area contributed by atoms with Crippen LogP contribution in [0.4, 0.5) is 8.78 Å². The number of halogens is 2. The molecule has 0 aromatic carbocycles. The maximum atomic E-state index is 12.9. The fourth-order valence-electron chi connectivity index (χ4n) is 2.34. The van der Waals surface area contributed by atoms with E-state index in [2.05, 4.69) is 15.5 Å². The third-order valence-corrected chi connectivity index (χ3v) is 4.99. The number of hydrogen-bond donors (Lipinski definition) is 0. The Kier molecular flexibility index (Phi) is 3.71. The van der Waals surface area contributed by atoms with Gasteiger partial charge in [0.2, 0.25) is 0 Å². The lowest BCUT2D eigenvalue weighted by atomic mass is 10.2. The Morgan fingerprint density at radius 1 is 1.41 bits per heavy atom. The predicted molar refractivity (Wildman–Crippen MR) is 70.8 cm³/mol. The van der Waals surface area contributed by atoms with E-state index in [1.165, 1.54) is 13.3 Å². The molecule has 1 aliphatic carbocycles. The highest BCUT2D eigenvalue weighted by atomic mass is 32.2. The SMILES string of the molecule is Cn1nnc(CS(=O)(=O)Cc2conc2C2CC2)c1C(F)F. The van der Waals surface area contributed by atoms with E-state index in [1.807, 2.05) is 0 Å². The average Bonchev–Trinajstić information content (AvgIpc) is 3.05. The molecule has 120 valence electrons. The highest BCUT2D eigenvalue weighted by Gasteiger charge is 2.32. The molecule has 0 unspecified atom stereocenters. The second-order valence-corrected chi connectivity index (χ2v) is 7.44. The third-order valence-electron chi connectivity index (χ3n) is 3.52. The van der Waals surface area contributed by atoms with Gasteiger partial charge in [0.1, 0.15) is 17.7 Å². The fourth-order valence-corrected chi connectivity index (χ4v) is 3.75. The summed E-state index contributed by atoms with van der Waals surface area (Å²) in [5.74, 6) is -0.644. The molecule has 1 aliphatic rings. The molecule has 0 spiro atoms. The van der Waals surface area contributed by atoms with Crippen LogP contribution in [0.3, 0.4) is 0 Å². The Labute approximate surface area is 125 Å². The highest BCUT2D eigenvalue weighted by molar-refractivity contribution is 7.89. The van der Waals surface area contributed by atoms with Crippen LogP contribution in [0.5, 0.6) is 0 Å². The van der Waals surface area contributed by atoms with Crippen molar-refractivity contribution in [2.24, 2.45) is 7.05 Å². The molecule has 0 radical (unpaired) electrons. The standard InChI is InChI=1S/C12H14F2N4O3S/c1-18-11(12(13)14)9(15-17-18)6-22(19,20)5-8-4-21-16-10(8)7-2-3-7/h4,7,12H,2-3,5-6H2,1H3. The molecule has 0 N–H and O–H groups in total. The zero-order chi connectivity index (χ0) is 15.9. The van der Waals surface area contributed by atoms with Gasteiger partial charge in [0.05, 0.1) is 17.2 Å². The topological polar surface area (TPSA) is 90.9 Å². The fraction of sp³-hybridized carbons (Fsp3) is 0.583. The minimum absolute atomic E-state index is 0.220. The maximum Gasteiger partial charge on any atom is 0.281 e. The number of aryl methyl sites for hydroxylation is 1. The first-order valence-corrected chi connectivity index (χ1v) is 8.49. The average molecular weight is 332 g/mol. The van der Waals surface area contributed by atoms with Crippen LogP contribution >= 0.6 is 0 Å². The molecule has 0 bridgehead atoms. The molecular weight excluding hydrogens is 318 g/mol. The van der Waals surface area contributed by atoms with Gasteiger partial charge in [-0.2, -0.15) is 0 Å². The molecule has 1 saturated carbocycles. The zero-order valence-corrected chi connectivity index (χ0v) is 12.6. The molecule has 3 rings (SSSR count). The van der Waals surface area contributed by atoms with Gasteiger partial charge in [0.15, 0.2) is 9.84 Å². The van der Waals surface area contributed by atoms with Gasteiger partial charge < -0.3 is 4.52 Å². The van der Waals surface area contributed by atoms with Crippen LogP contribution in [-0.4, -0.2) is 28.6 Å². The summed E-state index contributed by atoms with van der Waals surface area (Å²) >= 11 is 0. The normalized spacial score (nSPS) is 15.6. The number of hydrogen-bond acceptors (Lipinski definition) is 6. The van der Waals surface area contributed by atoms with Crippen molar-refractivity contribution >= 4 is 9.84 Å². The van der Waals surface area contributed by atoms with Crippen LogP contribution in [-0.2, 0) is 28.4 Å². The van der Waals surface area contributed by atoms with Crippen LogP contribution in [0.25, 0.3) is 0 Å². The number of aromatic nitrogens is 4. The smallest absolute Gasteiger partial charge is 0.281 e. The Bertz CT molecular complexity index is 780. The maximum absolute atomic E-state index is 12.9. The molecule has 10 heteroatoms. The van der Waals surface area contributed by atoms with Crippen LogP contribution in [0.15, 0.2) is 10.8 Å². The molecule has 7 nitrogen and oxygen atoms in total. The van der Waals surface area contributed by atoms with Gasteiger partial charge >= 0.3 is 0 Å². The van der Waals surface area contributed by atoms with Crippen LogP contribution in [0.2, 0.25) is 0 Å². The van der Waals surface area contributed by atoms with E-state index in [0.717, 1.165) is 17.5 Å². The molecule has 1 fully saturated rings. The highest BCUT2D eigenvalue weighted by Crippen LogP contribution is 2.41. The van der Waals surface area contributed by atoms with E-state index in [1.54, 1.807) is 0 Å². The van der Waals surface area contributed by atoms with Crippen molar-refractivity contribution in [3.8, 4) is 0 Å². The summed E-state index contributed by atoms with van der Waals surface area (Å²) in [5, 5.41) is 10.8. The molecule has 0 atom stereocenters. The number of nitrogens with zero attached hydrogens (tertiary/aromatic N) is 4. The minimum Gasteiger partial charge on any atom is -0.364 e. The van der Waals surface area contributed by atoms with Gasteiger partial charge in [0.25, 0.3) is 6.43 Å². The molecule has 2 aromatic heterocycles. The van der Waals surface area contributed by atoms with E-state index in [9.17, 15) is 17.2 Å². The van der Waals surface area contributed by atoms with E-state index in [-0.39, 0.29) is 17.4 Å². The Morgan fingerprint density at radius 3 is 2.77 bits per heavy atom. The number of rotatable bonds is 6. The molecule has 22 heavy (non-hydrogen) atoms. The van der Waals surface area contributed by atoms with Gasteiger partial charge in [-0.15, -0.1) is 5.10 Å². The van der Waals surface area contributed by atoms with E-state index >= 15 is 0 Å². The number of alkyl halides is 2. The van der Waals surface area contributed by atoms with Crippen molar-refractivity contribution in [2.75, 3.05) is 0 Å². The lowest BCUT2D eigenvalue weighted by Crippen LogP contribution is -2.11. The quantitative estimate of drug-likeness (QED) is 0.800. The van der Waals surface area contributed by atoms with E-state index in [4.69, 9.17) is 4.52 Å².